The number of carbonyl (C=O) groups excluding carboxylic acids is 1. The lowest BCUT2D eigenvalue weighted by molar-refractivity contribution is 0.102. The van der Waals surface area contributed by atoms with Crippen molar-refractivity contribution in [2.45, 2.75) is 13.8 Å². The van der Waals surface area contributed by atoms with Gasteiger partial charge < -0.3 is 5.32 Å². The molecule has 0 saturated carbocycles. The molecule has 0 bridgehead atoms. The van der Waals surface area contributed by atoms with Crippen LogP contribution in [0, 0.1) is 13.8 Å². The van der Waals surface area contributed by atoms with Crippen LogP contribution in [0.25, 0.3) is 10.6 Å². The van der Waals surface area contributed by atoms with Gasteiger partial charge in [-0.1, -0.05) is 12.1 Å². The van der Waals surface area contributed by atoms with E-state index < -0.39 is 0 Å². The molecule has 0 spiro atoms. The second-order valence-corrected chi connectivity index (χ2v) is 5.84. The van der Waals surface area contributed by atoms with Crippen LogP contribution in [0.3, 0.4) is 0 Å². The lowest BCUT2D eigenvalue weighted by atomic mass is 10.1. The third-order valence-electron chi connectivity index (χ3n) is 3.50. The van der Waals surface area contributed by atoms with Crippen molar-refractivity contribution in [3.63, 3.8) is 0 Å². The summed E-state index contributed by atoms with van der Waals surface area (Å²) in [6.07, 6.45) is 3.45. The van der Waals surface area contributed by atoms with E-state index in [2.05, 4.69) is 15.3 Å². The first-order chi connectivity index (χ1) is 10.6. The van der Waals surface area contributed by atoms with Crippen LogP contribution < -0.4 is 5.32 Å². The van der Waals surface area contributed by atoms with E-state index in [0.29, 0.717) is 5.69 Å². The van der Waals surface area contributed by atoms with Gasteiger partial charge in [0.25, 0.3) is 5.91 Å². The van der Waals surface area contributed by atoms with Crippen molar-refractivity contribution in [1.82, 2.24) is 9.97 Å². The highest BCUT2D eigenvalue weighted by molar-refractivity contribution is 7.13. The van der Waals surface area contributed by atoms with Crippen molar-refractivity contribution in [3.8, 4) is 10.6 Å². The molecule has 0 aliphatic carbocycles. The van der Waals surface area contributed by atoms with Crippen LogP contribution in [0.1, 0.15) is 21.6 Å². The quantitative estimate of drug-likeness (QED) is 0.793. The molecule has 110 valence electrons. The first kappa shape index (κ1) is 14.4. The largest absolute Gasteiger partial charge is 0.320 e. The molecule has 1 aromatic carbocycles. The molecule has 0 aliphatic rings. The maximum absolute atomic E-state index is 12.3. The molecule has 3 aromatic rings. The van der Waals surface area contributed by atoms with E-state index in [-0.39, 0.29) is 5.91 Å². The fourth-order valence-electron chi connectivity index (χ4n) is 2.07. The molecule has 0 unspecified atom stereocenters. The Bertz CT molecular complexity index is 812. The number of rotatable bonds is 3. The molecule has 3 rings (SSSR count). The van der Waals surface area contributed by atoms with Crippen LogP contribution in [0.4, 0.5) is 5.69 Å². The van der Waals surface area contributed by atoms with E-state index >= 15 is 0 Å². The number of anilines is 1. The standard InChI is InChI=1S/C17H15N3OS/c1-11-5-3-7-14(12(11)2)19-16(21)15-10-22-17(20-15)13-6-4-8-18-9-13/h3-10H,1-2H3,(H,19,21). The molecule has 2 aromatic heterocycles. The Balaban J connectivity index is 1.82. The van der Waals surface area contributed by atoms with Crippen molar-refractivity contribution in [2.75, 3.05) is 5.32 Å². The van der Waals surface area contributed by atoms with E-state index in [4.69, 9.17) is 0 Å². The summed E-state index contributed by atoms with van der Waals surface area (Å²) in [5, 5.41) is 5.48. The molecule has 2 heterocycles. The zero-order chi connectivity index (χ0) is 15.5. The average molecular weight is 309 g/mol. The van der Waals surface area contributed by atoms with Crippen LogP contribution in [0.2, 0.25) is 0 Å². The molecule has 0 radical (unpaired) electrons. The van der Waals surface area contributed by atoms with Gasteiger partial charge in [0.15, 0.2) is 0 Å². The van der Waals surface area contributed by atoms with Crippen LogP contribution in [-0.2, 0) is 0 Å². The van der Waals surface area contributed by atoms with Gasteiger partial charge in [-0.25, -0.2) is 4.98 Å². The lowest BCUT2D eigenvalue weighted by Gasteiger charge is -2.09. The van der Waals surface area contributed by atoms with E-state index in [9.17, 15) is 4.79 Å². The van der Waals surface area contributed by atoms with E-state index in [1.807, 2.05) is 44.2 Å². The van der Waals surface area contributed by atoms with E-state index in [0.717, 1.165) is 27.4 Å². The Labute approximate surface area is 132 Å². The summed E-state index contributed by atoms with van der Waals surface area (Å²) in [5.74, 6) is -0.194. The maximum Gasteiger partial charge on any atom is 0.275 e. The van der Waals surface area contributed by atoms with Gasteiger partial charge >= 0.3 is 0 Å². The van der Waals surface area contributed by atoms with Crippen LogP contribution in [0.5, 0.6) is 0 Å². The lowest BCUT2D eigenvalue weighted by Crippen LogP contribution is -2.13. The SMILES string of the molecule is Cc1cccc(NC(=O)c2csc(-c3cccnc3)n2)c1C. The predicted octanol–water partition coefficient (Wildman–Crippen LogP) is 4.07. The van der Waals surface area contributed by atoms with Gasteiger partial charge in [0.2, 0.25) is 0 Å². The molecular weight excluding hydrogens is 294 g/mol. The highest BCUT2D eigenvalue weighted by Crippen LogP contribution is 2.24. The number of pyridine rings is 1. The monoisotopic (exact) mass is 309 g/mol. The van der Waals surface area contributed by atoms with Crippen LogP contribution >= 0.6 is 11.3 Å². The summed E-state index contributed by atoms with van der Waals surface area (Å²) >= 11 is 1.44. The van der Waals surface area contributed by atoms with Crippen molar-refractivity contribution < 1.29 is 4.79 Å². The summed E-state index contributed by atoms with van der Waals surface area (Å²) in [5.41, 5.74) is 4.37. The Hall–Kier alpha value is -2.53. The van der Waals surface area contributed by atoms with Gasteiger partial charge in [-0.15, -0.1) is 11.3 Å². The Morgan fingerprint density at radius 2 is 2.05 bits per heavy atom. The number of hydrogen-bond donors (Lipinski definition) is 1. The molecule has 1 amide bonds. The third-order valence-corrected chi connectivity index (χ3v) is 4.39. The van der Waals surface area contributed by atoms with E-state index in [1.165, 1.54) is 11.3 Å². The normalized spacial score (nSPS) is 10.5. The first-order valence-electron chi connectivity index (χ1n) is 6.88. The number of aryl methyl sites for hydroxylation is 1. The molecule has 0 atom stereocenters. The molecule has 0 aliphatic heterocycles. The number of carbonyl (C=O) groups is 1. The number of benzene rings is 1. The maximum atomic E-state index is 12.3. The number of thiazole rings is 1. The zero-order valence-corrected chi connectivity index (χ0v) is 13.1. The fourth-order valence-corrected chi connectivity index (χ4v) is 2.86. The summed E-state index contributed by atoms with van der Waals surface area (Å²) in [7, 11) is 0. The second-order valence-electron chi connectivity index (χ2n) is 4.98. The van der Waals surface area contributed by atoms with Gasteiger partial charge in [-0.2, -0.15) is 0 Å². The average Bonchev–Trinajstić information content (AvgIpc) is 3.03. The van der Waals surface area contributed by atoms with Crippen LogP contribution in [-0.4, -0.2) is 15.9 Å². The molecule has 4 nitrogen and oxygen atoms in total. The van der Waals surface area contributed by atoms with E-state index in [1.54, 1.807) is 17.8 Å². The Morgan fingerprint density at radius 1 is 1.18 bits per heavy atom. The minimum Gasteiger partial charge on any atom is -0.320 e. The topological polar surface area (TPSA) is 54.9 Å². The van der Waals surface area contributed by atoms with Crippen molar-refractivity contribution >= 4 is 22.9 Å². The van der Waals surface area contributed by atoms with Crippen molar-refractivity contribution in [3.05, 3.63) is 64.9 Å². The molecule has 1 N–H and O–H groups in total. The fraction of sp³-hybridized carbons (Fsp3) is 0.118. The number of nitrogens with one attached hydrogen (secondary N) is 1. The summed E-state index contributed by atoms with van der Waals surface area (Å²) < 4.78 is 0. The zero-order valence-electron chi connectivity index (χ0n) is 12.3. The first-order valence-corrected chi connectivity index (χ1v) is 7.76. The number of nitrogens with zero attached hydrogens (tertiary/aromatic N) is 2. The third kappa shape index (κ3) is 2.89. The van der Waals surface area contributed by atoms with Gasteiger partial charge in [-0.3, -0.25) is 9.78 Å². The summed E-state index contributed by atoms with van der Waals surface area (Å²) in [6.45, 7) is 4.02. The molecule has 0 saturated heterocycles. The second kappa shape index (κ2) is 6.07. The van der Waals surface area contributed by atoms with Crippen molar-refractivity contribution in [1.29, 1.82) is 0 Å². The highest BCUT2D eigenvalue weighted by Gasteiger charge is 2.13. The molecule has 0 fully saturated rings. The number of hydrogen-bond acceptors (Lipinski definition) is 4. The van der Waals surface area contributed by atoms with Crippen LogP contribution in [0.15, 0.2) is 48.1 Å². The minimum absolute atomic E-state index is 0.194. The smallest absolute Gasteiger partial charge is 0.275 e. The highest BCUT2D eigenvalue weighted by atomic mass is 32.1. The number of amides is 1. The van der Waals surface area contributed by atoms with Gasteiger partial charge in [0.1, 0.15) is 10.7 Å². The number of aromatic nitrogens is 2. The Kier molecular flexibility index (Phi) is 3.98. The van der Waals surface area contributed by atoms with Gasteiger partial charge in [-0.05, 0) is 43.2 Å². The minimum atomic E-state index is -0.194. The Morgan fingerprint density at radius 3 is 2.82 bits per heavy atom. The molecule has 5 heteroatoms. The van der Waals surface area contributed by atoms with Crippen molar-refractivity contribution in [2.24, 2.45) is 0 Å². The van der Waals surface area contributed by atoms with Gasteiger partial charge in [0.05, 0.1) is 0 Å². The van der Waals surface area contributed by atoms with Gasteiger partial charge in [0, 0.05) is 29.0 Å². The summed E-state index contributed by atoms with van der Waals surface area (Å²) in [6, 6.07) is 9.63. The molecular formula is C17H15N3OS. The summed E-state index contributed by atoms with van der Waals surface area (Å²) in [4.78, 5) is 20.8. The molecule has 22 heavy (non-hydrogen) atoms. The predicted molar refractivity (Wildman–Crippen MR) is 89.2 cm³/mol.